The minimum atomic E-state index is -0.809. The van der Waals surface area contributed by atoms with Crippen LogP contribution in [-0.4, -0.2) is 28.7 Å². The van der Waals surface area contributed by atoms with Crippen molar-refractivity contribution in [1.29, 1.82) is 0 Å². The highest BCUT2D eigenvalue weighted by Gasteiger charge is 2.24. The standard InChI is InChI=1S/C30H35FN2O4/c1-18(29(34)35)12-19-6-7-20-9-11-26(37-27(20)13-19)21-8-10-23(22(14-21)16-33-30(2,3)4)24-15-28(36-5)32-17-25(24)31/h6-8,10,13-15,17-18,26,33H,9,11-12,16H2,1-5H3,(H,34,35)/t18?,26-/m0/s1. The van der Waals surface area contributed by atoms with Crippen LogP contribution >= 0.6 is 0 Å². The van der Waals surface area contributed by atoms with Crippen molar-refractivity contribution in [2.75, 3.05) is 7.11 Å². The van der Waals surface area contributed by atoms with E-state index >= 15 is 0 Å². The predicted octanol–water partition coefficient (Wildman–Crippen LogP) is 6.11. The molecule has 1 unspecified atom stereocenters. The number of halogens is 1. The first-order valence-electron chi connectivity index (χ1n) is 12.6. The second-order valence-electron chi connectivity index (χ2n) is 10.8. The smallest absolute Gasteiger partial charge is 0.306 e. The van der Waals surface area contributed by atoms with Gasteiger partial charge < -0.3 is 19.9 Å². The number of aryl methyl sites for hydroxylation is 1. The van der Waals surface area contributed by atoms with Crippen molar-refractivity contribution < 1.29 is 23.8 Å². The van der Waals surface area contributed by atoms with Crippen LogP contribution in [-0.2, 0) is 24.2 Å². The summed E-state index contributed by atoms with van der Waals surface area (Å²) in [6.45, 7) is 8.54. The number of aliphatic carboxylic acids is 1. The van der Waals surface area contributed by atoms with E-state index in [0.717, 1.165) is 46.4 Å². The van der Waals surface area contributed by atoms with Crippen LogP contribution in [0.15, 0.2) is 48.7 Å². The van der Waals surface area contributed by atoms with Crippen molar-refractivity contribution in [2.45, 2.75) is 65.1 Å². The molecule has 0 fully saturated rings. The predicted molar refractivity (Wildman–Crippen MR) is 141 cm³/mol. The second-order valence-corrected chi connectivity index (χ2v) is 10.8. The molecule has 7 heteroatoms. The van der Waals surface area contributed by atoms with Crippen LogP contribution in [0.4, 0.5) is 4.39 Å². The fourth-order valence-corrected chi connectivity index (χ4v) is 4.54. The van der Waals surface area contributed by atoms with Gasteiger partial charge >= 0.3 is 5.97 Å². The number of nitrogens with zero attached hydrogens (tertiary/aromatic N) is 1. The zero-order valence-electron chi connectivity index (χ0n) is 22.1. The number of methoxy groups -OCH3 is 1. The lowest BCUT2D eigenvalue weighted by molar-refractivity contribution is -0.141. The monoisotopic (exact) mass is 506 g/mol. The molecule has 0 spiro atoms. The molecular formula is C30H35FN2O4. The normalized spacial score (nSPS) is 16.0. The van der Waals surface area contributed by atoms with E-state index in [-0.39, 0.29) is 11.6 Å². The summed E-state index contributed by atoms with van der Waals surface area (Å²) in [6.07, 6.45) is 3.17. The van der Waals surface area contributed by atoms with Gasteiger partial charge in [-0.1, -0.05) is 37.3 Å². The fourth-order valence-electron chi connectivity index (χ4n) is 4.54. The largest absolute Gasteiger partial charge is 0.485 e. The summed E-state index contributed by atoms with van der Waals surface area (Å²) in [4.78, 5) is 15.3. The molecule has 4 rings (SSSR count). The summed E-state index contributed by atoms with van der Waals surface area (Å²) >= 11 is 0. The lowest BCUT2D eigenvalue weighted by Gasteiger charge is -2.28. The molecule has 196 valence electrons. The van der Waals surface area contributed by atoms with Crippen molar-refractivity contribution >= 4 is 5.97 Å². The van der Waals surface area contributed by atoms with Crippen molar-refractivity contribution in [3.63, 3.8) is 0 Å². The summed E-state index contributed by atoms with van der Waals surface area (Å²) in [5, 5.41) is 12.8. The highest BCUT2D eigenvalue weighted by molar-refractivity contribution is 5.70. The van der Waals surface area contributed by atoms with E-state index < -0.39 is 17.7 Å². The van der Waals surface area contributed by atoms with Gasteiger partial charge in [0.1, 0.15) is 17.7 Å². The second kappa shape index (κ2) is 10.9. The molecule has 2 N–H and O–H groups in total. The molecule has 2 aromatic carbocycles. The maximum absolute atomic E-state index is 14.8. The number of aromatic nitrogens is 1. The lowest BCUT2D eigenvalue weighted by Crippen LogP contribution is -2.35. The van der Waals surface area contributed by atoms with Gasteiger partial charge in [0.25, 0.3) is 0 Å². The Labute approximate surface area is 217 Å². The van der Waals surface area contributed by atoms with Gasteiger partial charge in [-0.2, -0.15) is 0 Å². The van der Waals surface area contributed by atoms with E-state index in [1.54, 1.807) is 13.0 Å². The molecule has 6 nitrogen and oxygen atoms in total. The molecule has 0 bridgehead atoms. The number of hydrogen-bond acceptors (Lipinski definition) is 5. The van der Waals surface area contributed by atoms with E-state index in [9.17, 15) is 14.3 Å². The van der Waals surface area contributed by atoms with Gasteiger partial charge in [0.05, 0.1) is 19.2 Å². The van der Waals surface area contributed by atoms with Crippen LogP contribution in [0.5, 0.6) is 11.6 Å². The molecule has 0 radical (unpaired) electrons. The Bertz CT molecular complexity index is 1290. The Morgan fingerprint density at radius 2 is 2.00 bits per heavy atom. The maximum Gasteiger partial charge on any atom is 0.306 e. The SMILES string of the molecule is COc1cc(-c2ccc([C@@H]3CCc4ccc(CC(C)C(=O)O)cc4O3)cc2CNC(C)(C)C)c(F)cn1. The van der Waals surface area contributed by atoms with Gasteiger partial charge in [-0.05, 0) is 73.9 Å². The maximum atomic E-state index is 14.8. The van der Waals surface area contributed by atoms with Gasteiger partial charge in [0.2, 0.25) is 5.88 Å². The Kier molecular flexibility index (Phi) is 7.83. The third-order valence-electron chi connectivity index (χ3n) is 6.68. The number of ether oxygens (including phenoxy) is 2. The zero-order chi connectivity index (χ0) is 26.7. The Balaban J connectivity index is 1.65. The average Bonchev–Trinajstić information content (AvgIpc) is 2.86. The Hall–Kier alpha value is -3.45. The van der Waals surface area contributed by atoms with Crippen LogP contribution in [0.2, 0.25) is 0 Å². The molecule has 2 heterocycles. The molecule has 1 aromatic heterocycles. The Morgan fingerprint density at radius 1 is 1.22 bits per heavy atom. The first kappa shape index (κ1) is 26.6. The van der Waals surface area contributed by atoms with E-state index in [4.69, 9.17) is 9.47 Å². The number of carboxylic acids is 1. The molecule has 0 aliphatic carbocycles. The quantitative estimate of drug-likeness (QED) is 0.384. The van der Waals surface area contributed by atoms with E-state index in [2.05, 4.69) is 37.1 Å². The first-order valence-corrected chi connectivity index (χ1v) is 12.6. The lowest BCUT2D eigenvalue weighted by atomic mass is 9.91. The first-order chi connectivity index (χ1) is 17.5. The number of carbonyl (C=O) groups is 1. The third kappa shape index (κ3) is 6.46. The van der Waals surface area contributed by atoms with Crippen molar-refractivity contribution in [2.24, 2.45) is 5.92 Å². The van der Waals surface area contributed by atoms with Gasteiger partial charge in [0, 0.05) is 23.7 Å². The van der Waals surface area contributed by atoms with Gasteiger partial charge in [-0.15, -0.1) is 0 Å². The number of pyridine rings is 1. The van der Waals surface area contributed by atoms with Crippen LogP contribution in [0.1, 0.15) is 62.5 Å². The van der Waals surface area contributed by atoms with Gasteiger partial charge in [0.15, 0.2) is 0 Å². The number of hydrogen-bond donors (Lipinski definition) is 2. The molecule has 0 amide bonds. The molecule has 1 aliphatic heterocycles. The molecule has 3 aromatic rings. The number of fused-ring (bicyclic) bond motifs is 1. The minimum absolute atomic E-state index is 0.120. The molecule has 37 heavy (non-hydrogen) atoms. The minimum Gasteiger partial charge on any atom is -0.485 e. The summed E-state index contributed by atoms with van der Waals surface area (Å²) in [5.74, 6) is -0.520. The van der Waals surface area contributed by atoms with Crippen molar-refractivity contribution in [3.8, 4) is 22.8 Å². The molecule has 0 saturated heterocycles. The number of rotatable bonds is 8. The van der Waals surface area contributed by atoms with Crippen LogP contribution in [0.25, 0.3) is 11.1 Å². The van der Waals surface area contributed by atoms with Crippen LogP contribution < -0.4 is 14.8 Å². The van der Waals surface area contributed by atoms with Gasteiger partial charge in [-0.25, -0.2) is 9.37 Å². The van der Waals surface area contributed by atoms with Crippen molar-refractivity contribution in [3.05, 3.63) is 76.7 Å². The summed E-state index contributed by atoms with van der Waals surface area (Å²) < 4.78 is 26.5. The van der Waals surface area contributed by atoms with E-state index in [1.807, 2.05) is 30.3 Å². The molecule has 0 saturated carbocycles. The molecule has 1 aliphatic rings. The molecule has 2 atom stereocenters. The number of benzene rings is 2. The highest BCUT2D eigenvalue weighted by atomic mass is 19.1. The highest BCUT2D eigenvalue weighted by Crippen LogP contribution is 2.38. The number of carboxylic acid groups (broad SMARTS) is 1. The van der Waals surface area contributed by atoms with Gasteiger partial charge in [-0.3, -0.25) is 4.79 Å². The number of nitrogens with one attached hydrogen (secondary N) is 1. The topological polar surface area (TPSA) is 80.7 Å². The van der Waals surface area contributed by atoms with Crippen LogP contribution in [0, 0.1) is 11.7 Å². The fraction of sp³-hybridized carbons (Fsp3) is 0.400. The van der Waals surface area contributed by atoms with E-state index in [0.29, 0.717) is 24.4 Å². The molecular weight excluding hydrogens is 471 g/mol. The van der Waals surface area contributed by atoms with Crippen molar-refractivity contribution in [1.82, 2.24) is 10.3 Å². The third-order valence-corrected chi connectivity index (χ3v) is 6.68. The Morgan fingerprint density at radius 3 is 2.70 bits per heavy atom. The summed E-state index contributed by atoms with van der Waals surface area (Å²) in [7, 11) is 1.52. The zero-order valence-corrected chi connectivity index (χ0v) is 22.1. The summed E-state index contributed by atoms with van der Waals surface area (Å²) in [5.41, 5.74) is 5.15. The average molecular weight is 507 g/mol. The van der Waals surface area contributed by atoms with Crippen LogP contribution in [0.3, 0.4) is 0 Å². The van der Waals surface area contributed by atoms with E-state index in [1.165, 1.54) is 13.3 Å². The summed E-state index contributed by atoms with van der Waals surface area (Å²) in [6, 6.07) is 13.6.